The van der Waals surface area contributed by atoms with Crippen molar-refractivity contribution in [3.05, 3.63) is 59.4 Å². The van der Waals surface area contributed by atoms with Crippen molar-refractivity contribution < 1.29 is 26.4 Å². The summed E-state index contributed by atoms with van der Waals surface area (Å²) in [4.78, 5) is 12.8. The Bertz CT molecular complexity index is 979. The molecule has 9 heteroatoms. The van der Waals surface area contributed by atoms with Crippen LogP contribution in [0.2, 0.25) is 0 Å². The lowest BCUT2D eigenvalue weighted by molar-refractivity contribution is -0.118. The summed E-state index contributed by atoms with van der Waals surface area (Å²) in [6.07, 6.45) is 0.0915. The van der Waals surface area contributed by atoms with E-state index in [-0.39, 0.29) is 24.2 Å². The molecule has 1 heterocycles. The second-order valence-corrected chi connectivity index (χ2v) is 7.62. The maximum absolute atomic E-state index is 13.9. The highest BCUT2D eigenvalue weighted by atomic mass is 32.2. The maximum Gasteiger partial charge on any atom is 0.245 e. The van der Waals surface area contributed by atoms with Crippen molar-refractivity contribution in [2.75, 3.05) is 11.4 Å². The first-order valence-corrected chi connectivity index (χ1v) is 9.23. The van der Waals surface area contributed by atoms with Gasteiger partial charge in [0.1, 0.15) is 28.4 Å². The van der Waals surface area contributed by atoms with Crippen LogP contribution >= 0.6 is 0 Å². The fourth-order valence-electron chi connectivity index (χ4n) is 2.79. The molecule has 1 amide bonds. The molecule has 1 saturated heterocycles. The number of halogens is 3. The molecule has 0 aliphatic carbocycles. The lowest BCUT2D eigenvalue weighted by Gasteiger charge is -2.18. The van der Waals surface area contributed by atoms with Crippen LogP contribution in [0.4, 0.5) is 18.9 Å². The molecule has 1 fully saturated rings. The number of amides is 1. The normalized spacial score (nSPS) is 17.8. The molecule has 3 rings (SSSR count). The molecule has 1 aliphatic heterocycles. The SMILES string of the molecule is Cc1cc(S(=O)(=O)NC2CCN(c3ccccc3F)C2=O)c(F)cc1F. The van der Waals surface area contributed by atoms with Gasteiger partial charge < -0.3 is 4.90 Å². The minimum Gasteiger partial charge on any atom is -0.308 e. The number of rotatable bonds is 4. The molecule has 0 saturated carbocycles. The van der Waals surface area contributed by atoms with Crippen LogP contribution < -0.4 is 9.62 Å². The van der Waals surface area contributed by atoms with E-state index in [0.29, 0.717) is 6.07 Å². The second kappa shape index (κ2) is 6.73. The molecule has 2 aromatic rings. The van der Waals surface area contributed by atoms with Crippen molar-refractivity contribution in [3.8, 4) is 0 Å². The van der Waals surface area contributed by atoms with Gasteiger partial charge in [0.25, 0.3) is 0 Å². The number of anilines is 1. The summed E-state index contributed by atoms with van der Waals surface area (Å²) < 4.78 is 68.0. The Morgan fingerprint density at radius 1 is 1.08 bits per heavy atom. The van der Waals surface area contributed by atoms with Gasteiger partial charge in [0.05, 0.1) is 5.69 Å². The van der Waals surface area contributed by atoms with Crippen molar-refractivity contribution in [2.45, 2.75) is 24.3 Å². The molecule has 2 aromatic carbocycles. The number of hydrogen-bond donors (Lipinski definition) is 1. The van der Waals surface area contributed by atoms with Gasteiger partial charge in [-0.15, -0.1) is 0 Å². The van der Waals surface area contributed by atoms with Crippen LogP contribution in [0, 0.1) is 24.4 Å². The van der Waals surface area contributed by atoms with Gasteiger partial charge in [-0.2, -0.15) is 4.72 Å². The third kappa shape index (κ3) is 3.32. The number of sulfonamides is 1. The van der Waals surface area contributed by atoms with Crippen LogP contribution in [0.1, 0.15) is 12.0 Å². The Labute approximate surface area is 148 Å². The predicted molar refractivity (Wildman–Crippen MR) is 88.6 cm³/mol. The first-order valence-electron chi connectivity index (χ1n) is 7.74. The van der Waals surface area contributed by atoms with Crippen LogP contribution in [-0.4, -0.2) is 26.9 Å². The Kier molecular flexibility index (Phi) is 4.76. The smallest absolute Gasteiger partial charge is 0.245 e. The van der Waals surface area contributed by atoms with Crippen molar-refractivity contribution in [2.24, 2.45) is 0 Å². The summed E-state index contributed by atoms with van der Waals surface area (Å²) >= 11 is 0. The topological polar surface area (TPSA) is 66.5 Å². The average molecular weight is 384 g/mol. The molecule has 0 bridgehead atoms. The van der Waals surface area contributed by atoms with Gasteiger partial charge in [0.15, 0.2) is 0 Å². The number of carbonyl (C=O) groups excluding carboxylic acids is 1. The lowest BCUT2D eigenvalue weighted by Crippen LogP contribution is -2.41. The molecule has 1 aliphatic rings. The highest BCUT2D eigenvalue weighted by Crippen LogP contribution is 2.26. The first-order chi connectivity index (χ1) is 12.2. The van der Waals surface area contributed by atoms with Crippen LogP contribution in [0.5, 0.6) is 0 Å². The third-order valence-corrected chi connectivity index (χ3v) is 5.64. The van der Waals surface area contributed by atoms with Gasteiger partial charge in [-0.3, -0.25) is 4.79 Å². The number of nitrogens with one attached hydrogen (secondary N) is 1. The Balaban J connectivity index is 1.85. The van der Waals surface area contributed by atoms with Crippen LogP contribution in [0.3, 0.4) is 0 Å². The molecule has 1 unspecified atom stereocenters. The van der Waals surface area contributed by atoms with E-state index in [1.807, 2.05) is 0 Å². The monoisotopic (exact) mass is 384 g/mol. The van der Waals surface area contributed by atoms with Crippen LogP contribution in [0.25, 0.3) is 0 Å². The van der Waals surface area contributed by atoms with Gasteiger partial charge in [0.2, 0.25) is 15.9 Å². The van der Waals surface area contributed by atoms with Crippen LogP contribution in [-0.2, 0) is 14.8 Å². The fourth-order valence-corrected chi connectivity index (χ4v) is 4.15. The maximum atomic E-state index is 13.9. The molecular formula is C17H15F3N2O3S. The number of hydrogen-bond acceptors (Lipinski definition) is 3. The minimum absolute atomic E-state index is 0.0440. The predicted octanol–water partition coefficient (Wildman–Crippen LogP) is 2.50. The van der Waals surface area contributed by atoms with Crippen LogP contribution in [0.15, 0.2) is 41.3 Å². The van der Waals surface area contributed by atoms with E-state index in [1.54, 1.807) is 6.07 Å². The molecule has 138 valence electrons. The van der Waals surface area contributed by atoms with Crippen molar-refractivity contribution in [1.29, 1.82) is 0 Å². The molecule has 0 spiro atoms. The third-order valence-electron chi connectivity index (χ3n) is 4.15. The first kappa shape index (κ1) is 18.4. The Hall–Kier alpha value is -2.39. The zero-order chi connectivity index (χ0) is 19.1. The molecule has 1 atom stereocenters. The number of carbonyl (C=O) groups is 1. The summed E-state index contributed by atoms with van der Waals surface area (Å²) in [5, 5.41) is 0. The Morgan fingerprint density at radius 2 is 1.77 bits per heavy atom. The molecule has 1 N–H and O–H groups in total. The lowest BCUT2D eigenvalue weighted by atomic mass is 10.2. The number of nitrogens with zero attached hydrogens (tertiary/aromatic N) is 1. The number of aryl methyl sites for hydroxylation is 1. The Morgan fingerprint density at radius 3 is 2.46 bits per heavy atom. The minimum atomic E-state index is -4.40. The molecule has 26 heavy (non-hydrogen) atoms. The standard InChI is InChI=1S/C17H15F3N2O3S/c1-10-8-16(13(20)9-12(10)19)26(24,25)21-14-6-7-22(17(14)23)15-5-3-2-4-11(15)18/h2-5,8-9,14,21H,6-7H2,1H3. The van der Waals surface area contributed by atoms with Gasteiger partial charge in [0, 0.05) is 12.6 Å². The fraction of sp³-hybridized carbons (Fsp3) is 0.235. The molecule has 0 aromatic heterocycles. The van der Waals surface area contributed by atoms with E-state index >= 15 is 0 Å². The van der Waals surface area contributed by atoms with Gasteiger partial charge in [-0.1, -0.05) is 12.1 Å². The molecule has 0 radical (unpaired) electrons. The van der Waals surface area contributed by atoms with E-state index in [0.717, 1.165) is 11.0 Å². The van der Waals surface area contributed by atoms with Crippen molar-refractivity contribution in [1.82, 2.24) is 4.72 Å². The zero-order valence-electron chi connectivity index (χ0n) is 13.7. The molecule has 5 nitrogen and oxygen atoms in total. The largest absolute Gasteiger partial charge is 0.308 e. The van der Waals surface area contributed by atoms with Crippen molar-refractivity contribution in [3.63, 3.8) is 0 Å². The zero-order valence-corrected chi connectivity index (χ0v) is 14.5. The second-order valence-electron chi connectivity index (χ2n) is 5.94. The van der Waals surface area contributed by atoms with Gasteiger partial charge >= 0.3 is 0 Å². The van der Waals surface area contributed by atoms with Crippen molar-refractivity contribution >= 4 is 21.6 Å². The summed E-state index contributed by atoms with van der Waals surface area (Å²) in [7, 11) is -4.40. The summed E-state index contributed by atoms with van der Waals surface area (Å²) in [6, 6.07) is 5.81. The van der Waals surface area contributed by atoms with E-state index in [2.05, 4.69) is 4.72 Å². The number of benzene rings is 2. The quantitative estimate of drug-likeness (QED) is 0.881. The van der Waals surface area contributed by atoms with E-state index in [1.165, 1.54) is 25.1 Å². The van der Waals surface area contributed by atoms with E-state index in [4.69, 9.17) is 0 Å². The van der Waals surface area contributed by atoms with Gasteiger partial charge in [-0.25, -0.2) is 21.6 Å². The average Bonchev–Trinajstić information content (AvgIpc) is 2.91. The highest BCUT2D eigenvalue weighted by Gasteiger charge is 2.37. The summed E-state index contributed by atoms with van der Waals surface area (Å²) in [6.45, 7) is 1.41. The van der Waals surface area contributed by atoms with E-state index < -0.39 is 44.3 Å². The summed E-state index contributed by atoms with van der Waals surface area (Å²) in [5.74, 6) is -3.37. The van der Waals surface area contributed by atoms with Gasteiger partial charge in [-0.05, 0) is 37.1 Å². The summed E-state index contributed by atoms with van der Waals surface area (Å²) in [5.41, 5.74) is 0.000474. The number of para-hydroxylation sites is 1. The molecular weight excluding hydrogens is 369 g/mol. The highest BCUT2D eigenvalue weighted by molar-refractivity contribution is 7.89. The van der Waals surface area contributed by atoms with E-state index in [9.17, 15) is 26.4 Å².